The minimum absolute atomic E-state index is 0.481. The molecule has 0 radical (unpaired) electrons. The number of anilines is 1. The molecule has 1 unspecified atom stereocenters. The summed E-state index contributed by atoms with van der Waals surface area (Å²) in [6.07, 6.45) is 1.11. The van der Waals surface area contributed by atoms with E-state index in [1.54, 1.807) is 7.11 Å². The molecule has 1 atom stereocenters. The van der Waals surface area contributed by atoms with Gasteiger partial charge in [-0.25, -0.2) is 0 Å². The predicted octanol–water partition coefficient (Wildman–Crippen LogP) is 2.92. The molecule has 0 aliphatic heterocycles. The van der Waals surface area contributed by atoms with E-state index in [4.69, 9.17) is 9.47 Å². The third kappa shape index (κ3) is 4.53. The lowest BCUT2D eigenvalue weighted by Crippen LogP contribution is -2.13. The van der Waals surface area contributed by atoms with Gasteiger partial charge >= 0.3 is 0 Å². The molecule has 0 aromatic heterocycles. The minimum Gasteiger partial charge on any atom is -0.491 e. The fourth-order valence-corrected chi connectivity index (χ4v) is 1.31. The Labute approximate surface area is 97.8 Å². The molecule has 0 spiro atoms. The Morgan fingerprint density at radius 2 is 2.12 bits per heavy atom. The number of benzene rings is 1. The van der Waals surface area contributed by atoms with Gasteiger partial charge in [-0.2, -0.15) is 0 Å². The molecule has 0 fully saturated rings. The molecule has 0 aliphatic carbocycles. The van der Waals surface area contributed by atoms with Crippen LogP contribution < -0.4 is 10.1 Å². The van der Waals surface area contributed by atoms with Gasteiger partial charge in [0.1, 0.15) is 12.4 Å². The first-order valence-electron chi connectivity index (χ1n) is 5.74. The van der Waals surface area contributed by atoms with Crippen LogP contribution >= 0.6 is 0 Å². The number of ether oxygens (including phenoxy) is 2. The van der Waals surface area contributed by atoms with Crippen LogP contribution in [0.25, 0.3) is 0 Å². The van der Waals surface area contributed by atoms with E-state index in [2.05, 4.69) is 25.2 Å². The Morgan fingerprint density at radius 3 is 2.81 bits per heavy atom. The maximum atomic E-state index is 5.54. The maximum Gasteiger partial charge on any atom is 0.121 e. The Kier molecular flexibility index (Phi) is 5.72. The first-order valence-corrected chi connectivity index (χ1v) is 5.74. The quantitative estimate of drug-likeness (QED) is 0.721. The standard InChI is InChI=1S/C13H21NO2/c1-4-11(2)14-12-6-5-7-13(10-12)16-9-8-15-3/h5-7,10-11,14H,4,8-9H2,1-3H3. The summed E-state index contributed by atoms with van der Waals surface area (Å²) in [6, 6.07) is 8.50. The van der Waals surface area contributed by atoms with Gasteiger partial charge in [0.15, 0.2) is 0 Å². The zero-order valence-corrected chi connectivity index (χ0v) is 10.3. The molecule has 1 aromatic rings. The second-order valence-corrected chi connectivity index (χ2v) is 3.82. The highest BCUT2D eigenvalue weighted by Crippen LogP contribution is 2.18. The van der Waals surface area contributed by atoms with Crippen LogP contribution in [0.15, 0.2) is 24.3 Å². The van der Waals surface area contributed by atoms with Gasteiger partial charge in [-0.3, -0.25) is 0 Å². The van der Waals surface area contributed by atoms with Gasteiger partial charge in [-0.15, -0.1) is 0 Å². The molecule has 3 heteroatoms. The predicted molar refractivity (Wildman–Crippen MR) is 67.2 cm³/mol. The molecule has 0 aliphatic rings. The summed E-state index contributed by atoms with van der Waals surface area (Å²) >= 11 is 0. The van der Waals surface area contributed by atoms with Crippen LogP contribution in [-0.2, 0) is 4.74 Å². The van der Waals surface area contributed by atoms with Crippen molar-refractivity contribution in [1.82, 2.24) is 0 Å². The van der Waals surface area contributed by atoms with E-state index in [-0.39, 0.29) is 0 Å². The smallest absolute Gasteiger partial charge is 0.121 e. The molecule has 0 amide bonds. The van der Waals surface area contributed by atoms with Crippen LogP contribution in [0.1, 0.15) is 20.3 Å². The van der Waals surface area contributed by atoms with E-state index in [0.29, 0.717) is 19.3 Å². The first kappa shape index (κ1) is 12.8. The van der Waals surface area contributed by atoms with Crippen molar-refractivity contribution >= 4 is 5.69 Å². The highest BCUT2D eigenvalue weighted by atomic mass is 16.5. The van der Waals surface area contributed by atoms with Crippen LogP contribution in [0.3, 0.4) is 0 Å². The second-order valence-electron chi connectivity index (χ2n) is 3.82. The summed E-state index contributed by atoms with van der Waals surface area (Å²) < 4.78 is 10.5. The summed E-state index contributed by atoms with van der Waals surface area (Å²) in [5, 5.41) is 3.41. The van der Waals surface area contributed by atoms with E-state index in [9.17, 15) is 0 Å². The number of hydrogen-bond acceptors (Lipinski definition) is 3. The number of methoxy groups -OCH3 is 1. The van der Waals surface area contributed by atoms with Gasteiger partial charge in [0, 0.05) is 24.9 Å². The Hall–Kier alpha value is -1.22. The summed E-state index contributed by atoms with van der Waals surface area (Å²) in [5.74, 6) is 0.880. The topological polar surface area (TPSA) is 30.5 Å². The van der Waals surface area contributed by atoms with E-state index in [1.165, 1.54) is 0 Å². The Bertz CT molecular complexity index is 302. The molecular weight excluding hydrogens is 202 g/mol. The van der Waals surface area contributed by atoms with Crippen LogP contribution in [0, 0.1) is 0 Å². The van der Waals surface area contributed by atoms with E-state index in [0.717, 1.165) is 17.9 Å². The second kappa shape index (κ2) is 7.12. The van der Waals surface area contributed by atoms with Gasteiger partial charge in [0.05, 0.1) is 6.61 Å². The molecule has 1 aromatic carbocycles. The highest BCUT2D eigenvalue weighted by molar-refractivity contribution is 5.48. The SMILES string of the molecule is CCC(C)Nc1cccc(OCCOC)c1. The Balaban J connectivity index is 2.50. The monoisotopic (exact) mass is 223 g/mol. The van der Waals surface area contributed by atoms with Crippen molar-refractivity contribution in [3.63, 3.8) is 0 Å². The zero-order valence-electron chi connectivity index (χ0n) is 10.3. The lowest BCUT2D eigenvalue weighted by Gasteiger charge is -2.14. The third-order valence-corrected chi connectivity index (χ3v) is 2.42. The summed E-state index contributed by atoms with van der Waals surface area (Å²) in [7, 11) is 1.67. The van der Waals surface area contributed by atoms with Crippen molar-refractivity contribution < 1.29 is 9.47 Å². The molecule has 3 nitrogen and oxygen atoms in total. The zero-order chi connectivity index (χ0) is 11.8. The highest BCUT2D eigenvalue weighted by Gasteiger charge is 2.00. The van der Waals surface area contributed by atoms with E-state index >= 15 is 0 Å². The minimum atomic E-state index is 0.481. The molecule has 0 saturated heterocycles. The molecule has 0 bridgehead atoms. The van der Waals surface area contributed by atoms with Crippen molar-refractivity contribution in [3.05, 3.63) is 24.3 Å². The molecule has 90 valence electrons. The Morgan fingerprint density at radius 1 is 1.31 bits per heavy atom. The lowest BCUT2D eigenvalue weighted by molar-refractivity contribution is 0.146. The van der Waals surface area contributed by atoms with Crippen molar-refractivity contribution in [2.75, 3.05) is 25.6 Å². The third-order valence-electron chi connectivity index (χ3n) is 2.42. The molecule has 1 rings (SSSR count). The maximum absolute atomic E-state index is 5.54. The van der Waals surface area contributed by atoms with Crippen molar-refractivity contribution in [3.8, 4) is 5.75 Å². The normalized spacial score (nSPS) is 12.2. The molecule has 0 heterocycles. The van der Waals surface area contributed by atoms with Gasteiger partial charge < -0.3 is 14.8 Å². The number of nitrogens with one attached hydrogen (secondary N) is 1. The molecular formula is C13H21NO2. The van der Waals surface area contributed by atoms with E-state index < -0.39 is 0 Å². The lowest BCUT2D eigenvalue weighted by atomic mass is 10.2. The van der Waals surface area contributed by atoms with Crippen molar-refractivity contribution in [2.45, 2.75) is 26.3 Å². The number of hydrogen-bond donors (Lipinski definition) is 1. The molecule has 16 heavy (non-hydrogen) atoms. The fourth-order valence-electron chi connectivity index (χ4n) is 1.31. The van der Waals surface area contributed by atoms with Crippen LogP contribution in [0.2, 0.25) is 0 Å². The molecule has 0 saturated carbocycles. The van der Waals surface area contributed by atoms with Gasteiger partial charge in [0.25, 0.3) is 0 Å². The molecule has 1 N–H and O–H groups in total. The first-order chi connectivity index (χ1) is 7.76. The van der Waals surface area contributed by atoms with E-state index in [1.807, 2.05) is 18.2 Å². The summed E-state index contributed by atoms with van der Waals surface area (Å²) in [4.78, 5) is 0. The average Bonchev–Trinajstić information content (AvgIpc) is 2.30. The number of rotatable bonds is 7. The van der Waals surface area contributed by atoms with Gasteiger partial charge in [0.2, 0.25) is 0 Å². The summed E-state index contributed by atoms with van der Waals surface area (Å²) in [5.41, 5.74) is 1.10. The van der Waals surface area contributed by atoms with Crippen molar-refractivity contribution in [1.29, 1.82) is 0 Å². The average molecular weight is 223 g/mol. The van der Waals surface area contributed by atoms with Crippen LogP contribution in [0.5, 0.6) is 5.75 Å². The van der Waals surface area contributed by atoms with Gasteiger partial charge in [-0.1, -0.05) is 13.0 Å². The fraction of sp³-hybridized carbons (Fsp3) is 0.538. The van der Waals surface area contributed by atoms with Gasteiger partial charge in [-0.05, 0) is 25.5 Å². The van der Waals surface area contributed by atoms with Crippen molar-refractivity contribution in [2.24, 2.45) is 0 Å². The van der Waals surface area contributed by atoms with Crippen LogP contribution in [-0.4, -0.2) is 26.4 Å². The largest absolute Gasteiger partial charge is 0.491 e. The van der Waals surface area contributed by atoms with Crippen LogP contribution in [0.4, 0.5) is 5.69 Å². The summed E-state index contributed by atoms with van der Waals surface area (Å²) in [6.45, 7) is 5.53.